The van der Waals surface area contributed by atoms with Crippen LogP contribution in [0.15, 0.2) is 22.0 Å². The van der Waals surface area contributed by atoms with Crippen LogP contribution < -0.4 is 5.32 Å². The molecular formula is C13H18BrNO2S. The number of rotatable bonds is 6. The minimum atomic E-state index is -0.119. The normalized spacial score (nSPS) is 13.2. The van der Waals surface area contributed by atoms with Gasteiger partial charge in [0.1, 0.15) is 0 Å². The number of carbonyl (C=O) groups is 1. The zero-order chi connectivity index (χ0) is 13.5. The first kappa shape index (κ1) is 15.4. The van der Waals surface area contributed by atoms with Gasteiger partial charge in [-0.15, -0.1) is 11.3 Å². The summed E-state index contributed by atoms with van der Waals surface area (Å²) < 4.78 is 1.04. The monoisotopic (exact) mass is 331 g/mol. The first-order chi connectivity index (χ1) is 8.52. The summed E-state index contributed by atoms with van der Waals surface area (Å²) >= 11 is 4.95. The van der Waals surface area contributed by atoms with E-state index in [2.05, 4.69) is 21.2 Å². The van der Waals surface area contributed by atoms with Crippen LogP contribution in [0.1, 0.15) is 25.1 Å². The van der Waals surface area contributed by atoms with Gasteiger partial charge in [0.15, 0.2) is 0 Å². The van der Waals surface area contributed by atoms with Crippen molar-refractivity contribution in [1.82, 2.24) is 5.32 Å². The van der Waals surface area contributed by atoms with Crippen LogP contribution in [0.2, 0.25) is 0 Å². The lowest BCUT2D eigenvalue weighted by molar-refractivity contribution is -0.117. The summed E-state index contributed by atoms with van der Waals surface area (Å²) in [5.74, 6) is 0.192. The lowest BCUT2D eigenvalue weighted by Gasteiger charge is -2.20. The molecule has 0 radical (unpaired) electrons. The molecule has 0 spiro atoms. The number of hydrogen-bond acceptors (Lipinski definition) is 3. The Morgan fingerprint density at radius 2 is 2.28 bits per heavy atom. The number of carbonyl (C=O) groups excluding carboxylic acids is 1. The fraction of sp³-hybridized carbons (Fsp3) is 0.462. The van der Waals surface area contributed by atoms with Gasteiger partial charge in [0.05, 0.1) is 3.79 Å². The highest BCUT2D eigenvalue weighted by Gasteiger charge is 2.13. The summed E-state index contributed by atoms with van der Waals surface area (Å²) in [7, 11) is 0. The van der Waals surface area contributed by atoms with Crippen molar-refractivity contribution in [2.75, 3.05) is 6.61 Å². The molecule has 3 nitrogen and oxygen atoms in total. The molecule has 0 saturated carbocycles. The molecule has 2 N–H and O–H groups in total. The van der Waals surface area contributed by atoms with E-state index in [4.69, 9.17) is 5.11 Å². The molecule has 0 fully saturated rings. The number of aliphatic hydroxyl groups is 1. The van der Waals surface area contributed by atoms with Gasteiger partial charge in [0.2, 0.25) is 5.91 Å². The fourth-order valence-corrected chi connectivity index (χ4v) is 2.84. The largest absolute Gasteiger partial charge is 0.396 e. The molecule has 0 aliphatic heterocycles. The van der Waals surface area contributed by atoms with E-state index in [-0.39, 0.29) is 18.6 Å². The van der Waals surface area contributed by atoms with Gasteiger partial charge in [-0.2, -0.15) is 0 Å². The standard InChI is InChI=1S/C13H18BrNO2S/c1-9(2)11(7-8-16)15-13(17)6-4-10-3-5-12(14)18-10/h3-6,9,11,16H,7-8H2,1-2H3,(H,15,17)/b6-4+. The zero-order valence-electron chi connectivity index (χ0n) is 10.5. The number of thiophene rings is 1. The Labute approximate surface area is 120 Å². The maximum Gasteiger partial charge on any atom is 0.244 e. The molecule has 100 valence electrons. The predicted octanol–water partition coefficient (Wildman–Crippen LogP) is 3.05. The summed E-state index contributed by atoms with van der Waals surface area (Å²) in [4.78, 5) is 12.8. The predicted molar refractivity (Wildman–Crippen MR) is 79.5 cm³/mol. The van der Waals surface area contributed by atoms with E-state index in [9.17, 15) is 4.79 Å². The third-order valence-corrected chi connectivity index (χ3v) is 4.15. The molecule has 1 aromatic heterocycles. The second kappa shape index (κ2) is 7.71. The summed E-state index contributed by atoms with van der Waals surface area (Å²) in [5.41, 5.74) is 0. The van der Waals surface area contributed by atoms with Crippen molar-refractivity contribution in [3.63, 3.8) is 0 Å². The van der Waals surface area contributed by atoms with Crippen LogP contribution in [-0.4, -0.2) is 23.7 Å². The first-order valence-corrected chi connectivity index (χ1v) is 7.48. The van der Waals surface area contributed by atoms with E-state index in [1.54, 1.807) is 17.4 Å². The Morgan fingerprint density at radius 3 is 2.78 bits per heavy atom. The van der Waals surface area contributed by atoms with Gasteiger partial charge >= 0.3 is 0 Å². The van der Waals surface area contributed by atoms with Gasteiger partial charge in [-0.25, -0.2) is 0 Å². The molecule has 1 rings (SSSR count). The average molecular weight is 332 g/mol. The van der Waals surface area contributed by atoms with E-state index in [1.165, 1.54) is 6.08 Å². The minimum Gasteiger partial charge on any atom is -0.396 e. The van der Waals surface area contributed by atoms with Gasteiger partial charge < -0.3 is 10.4 Å². The SMILES string of the molecule is CC(C)C(CCO)NC(=O)/C=C/c1ccc(Br)s1. The Kier molecular flexibility index (Phi) is 6.60. The van der Waals surface area contributed by atoms with Crippen molar-refractivity contribution >= 4 is 39.2 Å². The number of hydrogen-bond donors (Lipinski definition) is 2. The second-order valence-corrected chi connectivity index (χ2v) is 6.84. The Bertz CT molecular complexity index is 415. The minimum absolute atomic E-state index is 0.0159. The molecule has 0 saturated heterocycles. The highest BCUT2D eigenvalue weighted by atomic mass is 79.9. The summed E-state index contributed by atoms with van der Waals surface area (Å²) in [6, 6.07) is 3.92. The van der Waals surface area contributed by atoms with Crippen LogP contribution in [0.4, 0.5) is 0 Å². The smallest absolute Gasteiger partial charge is 0.244 e. The number of aliphatic hydroxyl groups excluding tert-OH is 1. The van der Waals surface area contributed by atoms with Crippen molar-refractivity contribution in [3.05, 3.63) is 26.9 Å². The van der Waals surface area contributed by atoms with Crippen LogP contribution in [0, 0.1) is 5.92 Å². The van der Waals surface area contributed by atoms with Crippen LogP contribution in [0.5, 0.6) is 0 Å². The topological polar surface area (TPSA) is 49.3 Å². The Balaban J connectivity index is 2.52. The number of amides is 1. The van der Waals surface area contributed by atoms with E-state index in [0.29, 0.717) is 12.3 Å². The average Bonchev–Trinajstić information content (AvgIpc) is 2.72. The van der Waals surface area contributed by atoms with Crippen LogP contribution in [0.25, 0.3) is 6.08 Å². The lowest BCUT2D eigenvalue weighted by Crippen LogP contribution is -2.38. The molecule has 0 bridgehead atoms. The maximum absolute atomic E-state index is 11.7. The molecule has 0 aliphatic rings. The van der Waals surface area contributed by atoms with Crippen molar-refractivity contribution < 1.29 is 9.90 Å². The molecular weight excluding hydrogens is 314 g/mol. The van der Waals surface area contributed by atoms with Crippen LogP contribution in [-0.2, 0) is 4.79 Å². The number of nitrogens with one attached hydrogen (secondary N) is 1. The molecule has 0 aromatic carbocycles. The molecule has 18 heavy (non-hydrogen) atoms. The van der Waals surface area contributed by atoms with Gasteiger partial charge in [-0.3, -0.25) is 4.79 Å². The quantitative estimate of drug-likeness (QED) is 0.787. The molecule has 1 unspecified atom stereocenters. The maximum atomic E-state index is 11.7. The summed E-state index contributed by atoms with van der Waals surface area (Å²) in [6.07, 6.45) is 3.91. The first-order valence-electron chi connectivity index (χ1n) is 5.87. The molecule has 5 heteroatoms. The van der Waals surface area contributed by atoms with Crippen molar-refractivity contribution in [3.8, 4) is 0 Å². The third kappa shape index (κ3) is 5.33. The summed E-state index contributed by atoms with van der Waals surface area (Å²) in [6.45, 7) is 4.14. The molecule has 1 aromatic rings. The van der Waals surface area contributed by atoms with Crippen molar-refractivity contribution in [2.45, 2.75) is 26.3 Å². The highest BCUT2D eigenvalue weighted by Crippen LogP contribution is 2.22. The van der Waals surface area contributed by atoms with Gasteiger partial charge in [-0.05, 0) is 46.5 Å². The second-order valence-electron chi connectivity index (χ2n) is 4.35. The van der Waals surface area contributed by atoms with Crippen molar-refractivity contribution in [1.29, 1.82) is 0 Å². The number of halogens is 1. The Hall–Kier alpha value is -0.650. The zero-order valence-corrected chi connectivity index (χ0v) is 12.9. The summed E-state index contributed by atoms with van der Waals surface area (Å²) in [5, 5.41) is 11.8. The van der Waals surface area contributed by atoms with Crippen molar-refractivity contribution in [2.24, 2.45) is 5.92 Å². The van der Waals surface area contributed by atoms with E-state index < -0.39 is 0 Å². The highest BCUT2D eigenvalue weighted by molar-refractivity contribution is 9.11. The molecule has 1 amide bonds. The van der Waals surface area contributed by atoms with Crippen LogP contribution >= 0.6 is 27.3 Å². The van der Waals surface area contributed by atoms with E-state index in [1.807, 2.05) is 26.0 Å². The lowest BCUT2D eigenvalue weighted by atomic mass is 10.0. The third-order valence-electron chi connectivity index (χ3n) is 2.57. The molecule has 1 heterocycles. The van der Waals surface area contributed by atoms with Gasteiger partial charge in [0.25, 0.3) is 0 Å². The molecule has 0 aliphatic carbocycles. The molecule has 1 atom stereocenters. The van der Waals surface area contributed by atoms with Crippen LogP contribution in [0.3, 0.4) is 0 Å². The Morgan fingerprint density at radius 1 is 1.56 bits per heavy atom. The van der Waals surface area contributed by atoms with Gasteiger partial charge in [0, 0.05) is 23.6 Å². The van der Waals surface area contributed by atoms with Gasteiger partial charge in [-0.1, -0.05) is 13.8 Å². The van der Waals surface area contributed by atoms with E-state index >= 15 is 0 Å². The fourth-order valence-electron chi connectivity index (χ4n) is 1.52. The van der Waals surface area contributed by atoms with E-state index in [0.717, 1.165) is 8.66 Å².